The molecule has 0 aliphatic heterocycles. The number of hydrogen-bond donors (Lipinski definition) is 0. The molecule has 7 aliphatic rings. The van der Waals surface area contributed by atoms with E-state index in [0.29, 0.717) is 0 Å². The first-order valence-corrected chi connectivity index (χ1v) is 7.38. The van der Waals surface area contributed by atoms with Crippen molar-refractivity contribution in [1.29, 1.82) is 0 Å². The van der Waals surface area contributed by atoms with E-state index in [1.54, 1.807) is 0 Å². The molecule has 0 radical (unpaired) electrons. The second-order valence-corrected chi connectivity index (χ2v) is 7.50. The van der Waals surface area contributed by atoms with Crippen molar-refractivity contribution in [3.63, 3.8) is 0 Å². The molecule has 0 N–H and O–H groups in total. The minimum absolute atomic E-state index is 0.0820. The molecule has 8 bridgehead atoms. The molecule has 0 aromatic rings. The zero-order chi connectivity index (χ0) is 11.2. The van der Waals surface area contributed by atoms with Crippen LogP contribution in [0.25, 0.3) is 10.4 Å². The van der Waals surface area contributed by atoms with Gasteiger partial charge in [0.05, 0.1) is 5.54 Å². The van der Waals surface area contributed by atoms with Crippen molar-refractivity contribution < 1.29 is 0 Å². The van der Waals surface area contributed by atoms with Crippen molar-refractivity contribution in [3.05, 3.63) is 10.4 Å². The van der Waals surface area contributed by atoms with E-state index in [2.05, 4.69) is 10.0 Å². The van der Waals surface area contributed by atoms with E-state index in [-0.39, 0.29) is 5.54 Å². The summed E-state index contributed by atoms with van der Waals surface area (Å²) in [6.45, 7) is 0. The normalized spacial score (nSPS) is 65.1. The molecule has 0 aromatic heterocycles. The molecule has 0 heterocycles. The van der Waals surface area contributed by atoms with Gasteiger partial charge in [-0.3, -0.25) is 0 Å². The maximum absolute atomic E-state index is 9.02. The van der Waals surface area contributed by atoms with Crippen LogP contribution in [0.3, 0.4) is 0 Å². The Morgan fingerprint density at radius 1 is 0.882 bits per heavy atom. The van der Waals surface area contributed by atoms with Crippen LogP contribution in [0.2, 0.25) is 0 Å². The lowest BCUT2D eigenvalue weighted by molar-refractivity contribution is -0.214. The molecule has 0 amide bonds. The molecule has 3 nitrogen and oxygen atoms in total. The zero-order valence-electron chi connectivity index (χ0n) is 10.1. The van der Waals surface area contributed by atoms with Crippen LogP contribution in [-0.4, -0.2) is 5.54 Å². The van der Waals surface area contributed by atoms with Gasteiger partial charge in [0.2, 0.25) is 0 Å². The highest BCUT2D eigenvalue weighted by Crippen LogP contribution is 2.73. The highest BCUT2D eigenvalue weighted by molar-refractivity contribution is 5.22. The van der Waals surface area contributed by atoms with Crippen molar-refractivity contribution >= 4 is 0 Å². The van der Waals surface area contributed by atoms with Crippen LogP contribution < -0.4 is 0 Å². The predicted octanol–water partition coefficient (Wildman–Crippen LogP) is 3.76. The Hall–Kier alpha value is -0.690. The van der Waals surface area contributed by atoms with Gasteiger partial charge in [0.25, 0.3) is 0 Å². The smallest absolute Gasteiger partial charge is 0.0552 e. The minimum atomic E-state index is 0.0820. The van der Waals surface area contributed by atoms with Gasteiger partial charge in [-0.15, -0.1) is 0 Å². The van der Waals surface area contributed by atoms with Gasteiger partial charge in [-0.2, -0.15) is 0 Å². The van der Waals surface area contributed by atoms with Crippen molar-refractivity contribution in [3.8, 4) is 0 Å². The highest BCUT2D eigenvalue weighted by Gasteiger charge is 2.69. The van der Waals surface area contributed by atoms with Gasteiger partial charge in [0.1, 0.15) is 0 Å². The molecule has 8 atom stereocenters. The summed E-state index contributed by atoms with van der Waals surface area (Å²) >= 11 is 0. The average molecular weight is 229 g/mol. The molecule has 90 valence electrons. The summed E-state index contributed by atoms with van der Waals surface area (Å²) < 4.78 is 0. The first kappa shape index (κ1) is 9.27. The molecular formula is C14H19N3. The molecule has 7 saturated carbocycles. The van der Waals surface area contributed by atoms with E-state index in [9.17, 15) is 0 Å². The number of nitrogens with zero attached hydrogens (tertiary/aromatic N) is 3. The van der Waals surface area contributed by atoms with E-state index < -0.39 is 0 Å². The largest absolute Gasteiger partial charge is 0.0867 e. The Kier molecular flexibility index (Phi) is 1.45. The van der Waals surface area contributed by atoms with Crippen molar-refractivity contribution in [2.75, 3.05) is 0 Å². The Morgan fingerprint density at radius 2 is 1.53 bits per heavy atom. The summed E-state index contributed by atoms with van der Waals surface area (Å²) in [4.78, 5) is 3.27. The number of azide groups is 1. The van der Waals surface area contributed by atoms with Crippen molar-refractivity contribution in [2.24, 2.45) is 46.5 Å². The van der Waals surface area contributed by atoms with Crippen LogP contribution in [0.5, 0.6) is 0 Å². The quantitative estimate of drug-likeness (QED) is 0.373. The molecular weight excluding hydrogens is 210 g/mol. The SMILES string of the molecule is [N-]=[N+]=NC12CC3C[C@H]4C5CC(C[C@H]41)C[C@H]2[C@H]5C3. The summed E-state index contributed by atoms with van der Waals surface area (Å²) in [7, 11) is 0. The topological polar surface area (TPSA) is 48.8 Å². The fourth-order valence-corrected chi connectivity index (χ4v) is 7.18. The first-order valence-electron chi connectivity index (χ1n) is 7.38. The highest BCUT2D eigenvalue weighted by atomic mass is 15.2. The lowest BCUT2D eigenvalue weighted by atomic mass is 9.33. The van der Waals surface area contributed by atoms with Gasteiger partial charge >= 0.3 is 0 Å². The third kappa shape index (κ3) is 0.855. The maximum atomic E-state index is 9.02. The number of rotatable bonds is 1. The Balaban J connectivity index is 1.73. The van der Waals surface area contributed by atoms with E-state index in [4.69, 9.17) is 5.53 Å². The zero-order valence-corrected chi connectivity index (χ0v) is 10.1. The Bertz CT molecular complexity index is 415. The fraction of sp³-hybridized carbons (Fsp3) is 1.00. The Morgan fingerprint density at radius 3 is 2.18 bits per heavy atom. The summed E-state index contributed by atoms with van der Waals surface area (Å²) in [6.07, 6.45) is 8.45. The number of hydrogen-bond acceptors (Lipinski definition) is 1. The molecule has 17 heavy (non-hydrogen) atoms. The van der Waals surface area contributed by atoms with Gasteiger partial charge in [-0.1, -0.05) is 5.11 Å². The van der Waals surface area contributed by atoms with Crippen molar-refractivity contribution in [1.82, 2.24) is 0 Å². The summed E-state index contributed by atoms with van der Waals surface area (Å²) in [5.41, 5.74) is 9.10. The average Bonchev–Trinajstić information content (AvgIpc) is 2.35. The van der Waals surface area contributed by atoms with Crippen LogP contribution in [0.4, 0.5) is 0 Å². The fourth-order valence-electron chi connectivity index (χ4n) is 7.18. The minimum Gasteiger partial charge on any atom is -0.0867 e. The summed E-state index contributed by atoms with van der Waals surface area (Å²) in [5, 5.41) is 4.44. The van der Waals surface area contributed by atoms with Gasteiger partial charge < -0.3 is 0 Å². The summed E-state index contributed by atoms with van der Waals surface area (Å²) in [5.74, 6) is 6.32. The van der Waals surface area contributed by atoms with E-state index in [0.717, 1.165) is 41.4 Å². The molecule has 0 aromatic carbocycles. The summed E-state index contributed by atoms with van der Waals surface area (Å²) in [6, 6.07) is 0. The molecule has 0 spiro atoms. The lowest BCUT2D eigenvalue weighted by Gasteiger charge is -2.73. The monoisotopic (exact) mass is 229 g/mol. The molecule has 7 rings (SSSR count). The third-order valence-electron chi connectivity index (χ3n) is 7.26. The van der Waals surface area contributed by atoms with E-state index in [1.807, 2.05) is 0 Å². The first-order chi connectivity index (χ1) is 8.32. The van der Waals surface area contributed by atoms with Gasteiger partial charge in [-0.25, -0.2) is 0 Å². The van der Waals surface area contributed by atoms with Crippen LogP contribution in [0.15, 0.2) is 5.11 Å². The lowest BCUT2D eigenvalue weighted by Crippen LogP contribution is -2.70. The van der Waals surface area contributed by atoms with Gasteiger partial charge in [-0.05, 0) is 85.5 Å². The van der Waals surface area contributed by atoms with Gasteiger partial charge in [0.15, 0.2) is 0 Å². The van der Waals surface area contributed by atoms with E-state index in [1.165, 1.54) is 38.5 Å². The maximum Gasteiger partial charge on any atom is 0.0552 e. The second kappa shape index (κ2) is 2.66. The van der Waals surface area contributed by atoms with Crippen LogP contribution in [-0.2, 0) is 0 Å². The molecule has 0 saturated heterocycles. The van der Waals surface area contributed by atoms with Crippen LogP contribution in [0.1, 0.15) is 38.5 Å². The molecule has 4 unspecified atom stereocenters. The van der Waals surface area contributed by atoms with Gasteiger partial charge in [0, 0.05) is 4.91 Å². The van der Waals surface area contributed by atoms with Crippen LogP contribution in [0, 0.1) is 41.4 Å². The molecule has 3 heteroatoms. The third-order valence-corrected chi connectivity index (χ3v) is 7.26. The molecule has 7 aliphatic carbocycles. The van der Waals surface area contributed by atoms with Crippen molar-refractivity contribution in [2.45, 2.75) is 44.1 Å². The second-order valence-electron chi connectivity index (χ2n) is 7.50. The molecule has 7 fully saturated rings. The predicted molar refractivity (Wildman–Crippen MR) is 64.0 cm³/mol. The van der Waals surface area contributed by atoms with E-state index >= 15 is 0 Å². The standard InChI is InChI=1S/C14H19N3/c15-17-16-14-6-8-2-10-9-1-7(4-12(10)14)5-13(14)11(9)3-8/h7-13H,1-6H2/t7?,8?,9?,10-,11-,12-,13+,14?/m0/s1. The Labute approximate surface area is 102 Å². The van der Waals surface area contributed by atoms with Crippen LogP contribution >= 0.6 is 0 Å².